The van der Waals surface area contributed by atoms with Gasteiger partial charge in [0, 0.05) is 5.41 Å². The minimum atomic E-state index is 0.0773. The van der Waals surface area contributed by atoms with Gasteiger partial charge in [-0.2, -0.15) is 11.3 Å². The van der Waals surface area contributed by atoms with Crippen LogP contribution in [-0.2, 0) is 0 Å². The lowest BCUT2D eigenvalue weighted by atomic mass is 9.98. The van der Waals surface area contributed by atoms with Crippen LogP contribution in [0.4, 0.5) is 0 Å². The zero-order valence-corrected chi connectivity index (χ0v) is 18.5. The van der Waals surface area contributed by atoms with E-state index in [9.17, 15) is 0 Å². The van der Waals surface area contributed by atoms with Crippen LogP contribution < -0.4 is 0 Å². The smallest absolute Gasteiger partial charge is 0.0233 e. The molecule has 0 aliphatic carbocycles. The molecule has 1 aromatic carbocycles. The Bertz CT molecular complexity index is 859. The van der Waals surface area contributed by atoms with Gasteiger partial charge in [-0.1, -0.05) is 59.9 Å². The predicted octanol–water partition coefficient (Wildman–Crippen LogP) is 8.54. The Morgan fingerprint density at radius 1 is 1.07 bits per heavy atom. The van der Waals surface area contributed by atoms with Crippen molar-refractivity contribution in [1.29, 1.82) is 0 Å². The molecule has 1 heterocycles. The van der Waals surface area contributed by atoms with Crippen LogP contribution in [0.25, 0.3) is 17.2 Å². The molecule has 0 aliphatic rings. The molecule has 0 unspecified atom stereocenters. The molecule has 2 aromatic rings. The van der Waals surface area contributed by atoms with E-state index in [-0.39, 0.29) is 5.41 Å². The average molecular weight is 389 g/mol. The molecule has 0 bridgehead atoms. The topological polar surface area (TPSA) is 0 Å². The highest BCUT2D eigenvalue weighted by molar-refractivity contribution is 7.08. The fourth-order valence-electron chi connectivity index (χ4n) is 2.70. The molecule has 0 radical (unpaired) electrons. The predicted molar refractivity (Wildman–Crippen MR) is 127 cm³/mol. The highest BCUT2D eigenvalue weighted by Gasteiger charge is 2.02. The van der Waals surface area contributed by atoms with Crippen molar-refractivity contribution in [3.05, 3.63) is 76.5 Å². The summed E-state index contributed by atoms with van der Waals surface area (Å²) in [6.07, 6.45) is 15.4. The lowest BCUT2D eigenvalue weighted by Gasteiger charge is -2.05. The number of rotatable bonds is 8. The van der Waals surface area contributed by atoms with Gasteiger partial charge in [0.1, 0.15) is 0 Å². The van der Waals surface area contributed by atoms with E-state index in [0.29, 0.717) is 0 Å². The van der Waals surface area contributed by atoms with E-state index in [2.05, 4.69) is 105 Å². The molecule has 1 aromatic heterocycles. The molecule has 1 heteroatoms. The molecule has 0 aliphatic heterocycles. The maximum absolute atomic E-state index is 3.22. The van der Waals surface area contributed by atoms with E-state index in [4.69, 9.17) is 0 Å². The molecule has 2 rings (SSSR count). The first-order chi connectivity index (χ1) is 13.4. The first kappa shape index (κ1) is 22.0. The summed E-state index contributed by atoms with van der Waals surface area (Å²) in [4.78, 5) is 0. The van der Waals surface area contributed by atoms with Crippen LogP contribution in [0.2, 0.25) is 0 Å². The standard InChI is InChI=1S/C27H32S/c1-23(14-9-7-11-19-27(2,3)4)13-8-5-6-10-15-24-16-12-17-25(21-24)26-18-20-28-22-26/h7,9-10,12-13,15-18,20-22H,5-6,8,14H2,1-4H3/b9-7+,15-10+,23-13-. The van der Waals surface area contributed by atoms with Crippen LogP contribution in [-0.4, -0.2) is 0 Å². The maximum atomic E-state index is 3.22. The molecular weight excluding hydrogens is 356 g/mol. The molecule has 146 valence electrons. The second-order valence-corrected chi connectivity index (χ2v) is 8.93. The first-order valence-electron chi connectivity index (χ1n) is 10.1. The van der Waals surface area contributed by atoms with Crippen LogP contribution in [0, 0.1) is 17.3 Å². The Morgan fingerprint density at radius 2 is 1.93 bits per heavy atom. The third-order valence-corrected chi connectivity index (χ3v) is 4.89. The lowest BCUT2D eigenvalue weighted by molar-refractivity contribution is 0.571. The molecule has 0 saturated heterocycles. The van der Waals surface area contributed by atoms with Crippen molar-refractivity contribution in [1.82, 2.24) is 0 Å². The van der Waals surface area contributed by atoms with Gasteiger partial charge < -0.3 is 0 Å². The van der Waals surface area contributed by atoms with Crippen molar-refractivity contribution in [2.24, 2.45) is 5.41 Å². The second kappa shape index (κ2) is 11.5. The van der Waals surface area contributed by atoms with Crippen molar-refractivity contribution in [2.75, 3.05) is 0 Å². The van der Waals surface area contributed by atoms with Crippen molar-refractivity contribution in [2.45, 2.75) is 53.4 Å². The van der Waals surface area contributed by atoms with Crippen molar-refractivity contribution in [3.8, 4) is 23.0 Å². The number of allylic oxidation sites excluding steroid dienone is 5. The largest absolute Gasteiger partial charge is 0.152 e. The van der Waals surface area contributed by atoms with Crippen LogP contribution in [0.5, 0.6) is 0 Å². The third kappa shape index (κ3) is 9.07. The SMILES string of the molecule is C/C(=C/CCC/C=C/c1cccc(-c2ccsc2)c1)C/C=C/C#CC(C)(C)C. The molecule has 0 fully saturated rings. The van der Waals surface area contributed by atoms with E-state index in [1.165, 1.54) is 28.7 Å². The summed E-state index contributed by atoms with van der Waals surface area (Å²) in [5, 5.41) is 4.33. The Labute approximate surface area is 175 Å². The number of hydrogen-bond acceptors (Lipinski definition) is 1. The quantitative estimate of drug-likeness (QED) is 0.241. The molecule has 0 saturated carbocycles. The second-order valence-electron chi connectivity index (χ2n) is 8.15. The summed E-state index contributed by atoms with van der Waals surface area (Å²) in [5.74, 6) is 6.35. The normalized spacial score (nSPS) is 12.5. The van der Waals surface area contributed by atoms with E-state index in [1.807, 2.05) is 6.08 Å². The van der Waals surface area contributed by atoms with E-state index in [0.717, 1.165) is 19.3 Å². The van der Waals surface area contributed by atoms with E-state index in [1.54, 1.807) is 11.3 Å². The van der Waals surface area contributed by atoms with Crippen LogP contribution >= 0.6 is 11.3 Å². The monoisotopic (exact) mass is 388 g/mol. The lowest BCUT2D eigenvalue weighted by Crippen LogP contribution is -1.98. The van der Waals surface area contributed by atoms with E-state index >= 15 is 0 Å². The zero-order chi connectivity index (χ0) is 20.2. The first-order valence-corrected chi connectivity index (χ1v) is 11.0. The molecule has 0 spiro atoms. The van der Waals surface area contributed by atoms with Gasteiger partial charge in [-0.3, -0.25) is 0 Å². The summed E-state index contributed by atoms with van der Waals surface area (Å²) in [5.41, 5.74) is 5.37. The summed E-state index contributed by atoms with van der Waals surface area (Å²) >= 11 is 1.74. The fraction of sp³-hybridized carbons (Fsp3) is 0.333. The molecule has 0 amide bonds. The van der Waals surface area contributed by atoms with Crippen LogP contribution in [0.15, 0.2) is 71.0 Å². The number of thiophene rings is 1. The molecule has 28 heavy (non-hydrogen) atoms. The Morgan fingerprint density at radius 3 is 2.68 bits per heavy atom. The molecule has 0 nitrogen and oxygen atoms in total. The third-order valence-electron chi connectivity index (χ3n) is 4.21. The number of hydrogen-bond donors (Lipinski definition) is 0. The molecule has 0 atom stereocenters. The van der Waals surface area contributed by atoms with Crippen molar-refractivity contribution >= 4 is 17.4 Å². The summed E-state index contributed by atoms with van der Waals surface area (Å²) in [6.45, 7) is 8.60. The van der Waals surface area contributed by atoms with Gasteiger partial charge in [0.25, 0.3) is 0 Å². The van der Waals surface area contributed by atoms with Gasteiger partial charge in [0.15, 0.2) is 0 Å². The van der Waals surface area contributed by atoms with Gasteiger partial charge in [-0.25, -0.2) is 0 Å². The maximum Gasteiger partial charge on any atom is 0.0233 e. The number of benzene rings is 1. The molecule has 0 N–H and O–H groups in total. The van der Waals surface area contributed by atoms with Crippen LogP contribution in [0.3, 0.4) is 0 Å². The minimum absolute atomic E-state index is 0.0773. The van der Waals surface area contributed by atoms with Gasteiger partial charge in [-0.05, 0) is 99.0 Å². The highest BCUT2D eigenvalue weighted by atomic mass is 32.1. The van der Waals surface area contributed by atoms with Gasteiger partial charge in [0.05, 0.1) is 0 Å². The Kier molecular flexibility index (Phi) is 9.05. The number of unbranched alkanes of at least 4 members (excludes halogenated alkanes) is 2. The molecular formula is C27H32S. The zero-order valence-electron chi connectivity index (χ0n) is 17.7. The average Bonchev–Trinajstić information content (AvgIpc) is 3.18. The van der Waals surface area contributed by atoms with Gasteiger partial charge >= 0.3 is 0 Å². The Balaban J connectivity index is 1.71. The van der Waals surface area contributed by atoms with Crippen molar-refractivity contribution < 1.29 is 0 Å². The van der Waals surface area contributed by atoms with Gasteiger partial charge in [-0.15, -0.1) is 0 Å². The van der Waals surface area contributed by atoms with Crippen molar-refractivity contribution in [3.63, 3.8) is 0 Å². The van der Waals surface area contributed by atoms with Crippen LogP contribution in [0.1, 0.15) is 58.9 Å². The minimum Gasteiger partial charge on any atom is -0.152 e. The summed E-state index contributed by atoms with van der Waals surface area (Å²) < 4.78 is 0. The fourth-order valence-corrected chi connectivity index (χ4v) is 3.36. The Hall–Kier alpha value is -2.30. The van der Waals surface area contributed by atoms with E-state index < -0.39 is 0 Å². The highest BCUT2D eigenvalue weighted by Crippen LogP contribution is 2.23. The summed E-state index contributed by atoms with van der Waals surface area (Å²) in [7, 11) is 0. The van der Waals surface area contributed by atoms with Gasteiger partial charge in [0.2, 0.25) is 0 Å². The summed E-state index contributed by atoms with van der Waals surface area (Å²) in [6, 6.07) is 10.9.